The van der Waals surface area contributed by atoms with E-state index in [0.29, 0.717) is 12.3 Å². The molecule has 24 heavy (non-hydrogen) atoms. The summed E-state index contributed by atoms with van der Waals surface area (Å²) >= 11 is 0. The van der Waals surface area contributed by atoms with Crippen molar-refractivity contribution in [3.8, 4) is 0 Å². The van der Waals surface area contributed by atoms with E-state index in [1.54, 1.807) is 29.2 Å². The van der Waals surface area contributed by atoms with Crippen LogP contribution < -0.4 is 0 Å². The lowest BCUT2D eigenvalue weighted by Gasteiger charge is -2.03. The zero-order chi connectivity index (χ0) is 16.9. The van der Waals surface area contributed by atoms with Crippen LogP contribution in [0.15, 0.2) is 59.3 Å². The number of hydrogen-bond acceptors (Lipinski definition) is 5. The number of aromatic nitrogens is 2. The molecule has 0 radical (unpaired) electrons. The first kappa shape index (κ1) is 15.7. The van der Waals surface area contributed by atoms with Gasteiger partial charge in [-0.05, 0) is 42.5 Å². The quantitative estimate of drug-likeness (QED) is 0.514. The molecule has 0 fully saturated rings. The molecule has 0 spiro atoms. The molecule has 1 aromatic carbocycles. The number of furan rings is 1. The van der Waals surface area contributed by atoms with Crippen molar-refractivity contribution in [3.63, 3.8) is 0 Å². The summed E-state index contributed by atoms with van der Waals surface area (Å²) in [6, 6.07) is 9.90. The molecular formula is C17H13FN2O4. The number of ketones is 1. The Bertz CT molecular complexity index is 838. The summed E-state index contributed by atoms with van der Waals surface area (Å²) < 4.78 is 24.8. The van der Waals surface area contributed by atoms with E-state index in [-0.39, 0.29) is 11.3 Å². The van der Waals surface area contributed by atoms with Gasteiger partial charge in [-0.3, -0.25) is 9.48 Å². The fourth-order valence-electron chi connectivity index (χ4n) is 2.05. The second-order valence-electron chi connectivity index (χ2n) is 4.98. The largest absolute Gasteiger partial charge is 0.452 e. The monoisotopic (exact) mass is 328 g/mol. The van der Waals surface area contributed by atoms with Crippen LogP contribution in [-0.2, 0) is 11.3 Å². The number of ether oxygens (including phenoxy) is 1. The highest BCUT2D eigenvalue weighted by Crippen LogP contribution is 2.11. The van der Waals surface area contributed by atoms with Gasteiger partial charge in [0.1, 0.15) is 11.6 Å². The Hall–Kier alpha value is -3.22. The van der Waals surface area contributed by atoms with Crippen molar-refractivity contribution in [2.45, 2.75) is 6.54 Å². The topological polar surface area (TPSA) is 74.3 Å². The number of esters is 1. The number of halogens is 1. The van der Waals surface area contributed by atoms with E-state index in [0.717, 1.165) is 0 Å². The molecule has 0 N–H and O–H groups in total. The molecule has 0 aliphatic carbocycles. The van der Waals surface area contributed by atoms with Gasteiger partial charge in [-0.1, -0.05) is 0 Å². The van der Waals surface area contributed by atoms with Crippen LogP contribution in [0, 0.1) is 5.82 Å². The molecule has 2 heterocycles. The van der Waals surface area contributed by atoms with Crippen LogP contribution in [-0.4, -0.2) is 28.1 Å². The third-order valence-electron chi connectivity index (χ3n) is 3.24. The highest BCUT2D eigenvalue weighted by atomic mass is 19.1. The van der Waals surface area contributed by atoms with Gasteiger partial charge < -0.3 is 9.15 Å². The Labute approximate surface area is 136 Å². The van der Waals surface area contributed by atoms with Crippen LogP contribution in [0.25, 0.3) is 0 Å². The van der Waals surface area contributed by atoms with Crippen LogP contribution >= 0.6 is 0 Å². The van der Waals surface area contributed by atoms with Gasteiger partial charge in [0, 0.05) is 18.0 Å². The number of nitrogens with zero attached hydrogens (tertiary/aromatic N) is 2. The lowest BCUT2D eigenvalue weighted by atomic mass is 10.1. The van der Waals surface area contributed by atoms with E-state index in [2.05, 4.69) is 5.10 Å². The van der Waals surface area contributed by atoms with E-state index < -0.39 is 24.2 Å². The van der Waals surface area contributed by atoms with Crippen molar-refractivity contribution in [1.29, 1.82) is 0 Å². The summed E-state index contributed by atoms with van der Waals surface area (Å²) in [5, 5.41) is 4.03. The Morgan fingerprint density at radius 3 is 2.67 bits per heavy atom. The summed E-state index contributed by atoms with van der Waals surface area (Å²) in [4.78, 5) is 23.8. The Kier molecular flexibility index (Phi) is 4.51. The van der Waals surface area contributed by atoms with Gasteiger partial charge in [-0.2, -0.15) is 5.10 Å². The number of hydrogen-bond donors (Lipinski definition) is 0. The molecule has 0 bridgehead atoms. The molecule has 0 amide bonds. The summed E-state index contributed by atoms with van der Waals surface area (Å²) in [6.45, 7) is -0.0611. The average molecular weight is 328 g/mol. The van der Waals surface area contributed by atoms with E-state index in [1.807, 2.05) is 0 Å². The number of benzene rings is 1. The van der Waals surface area contributed by atoms with Gasteiger partial charge in [-0.25, -0.2) is 9.18 Å². The van der Waals surface area contributed by atoms with Gasteiger partial charge >= 0.3 is 5.97 Å². The maximum Gasteiger partial charge on any atom is 0.374 e. The van der Waals surface area contributed by atoms with Gasteiger partial charge in [0.15, 0.2) is 12.4 Å². The molecule has 0 aliphatic rings. The zero-order valence-corrected chi connectivity index (χ0v) is 12.5. The van der Waals surface area contributed by atoms with E-state index >= 15 is 0 Å². The second-order valence-corrected chi connectivity index (χ2v) is 4.98. The molecule has 0 saturated carbocycles. The first-order chi connectivity index (χ1) is 11.6. The van der Waals surface area contributed by atoms with Crippen LogP contribution in [0.5, 0.6) is 0 Å². The van der Waals surface area contributed by atoms with Crippen molar-refractivity contribution in [2.75, 3.05) is 6.61 Å². The molecule has 122 valence electrons. The minimum Gasteiger partial charge on any atom is -0.452 e. The van der Waals surface area contributed by atoms with E-state index in [1.165, 1.54) is 30.3 Å². The van der Waals surface area contributed by atoms with Gasteiger partial charge in [0.25, 0.3) is 0 Å². The standard InChI is InChI=1S/C17H13FN2O4/c18-13-4-2-12(3-5-13)15(21)11-23-17(22)16-7-6-14(24-16)10-20-9-1-8-19-20/h1-9H,10-11H2. The molecule has 0 atom stereocenters. The van der Waals surface area contributed by atoms with Gasteiger partial charge in [-0.15, -0.1) is 0 Å². The first-order valence-corrected chi connectivity index (χ1v) is 7.14. The number of rotatable bonds is 6. The normalized spacial score (nSPS) is 10.5. The minimum atomic E-state index is -0.739. The highest BCUT2D eigenvalue weighted by Gasteiger charge is 2.15. The third kappa shape index (κ3) is 3.75. The lowest BCUT2D eigenvalue weighted by molar-refractivity contribution is 0.0442. The van der Waals surface area contributed by atoms with E-state index in [9.17, 15) is 14.0 Å². The third-order valence-corrected chi connectivity index (χ3v) is 3.24. The number of carbonyl (C=O) groups is 2. The van der Waals surface area contributed by atoms with Gasteiger partial charge in [0.2, 0.25) is 5.76 Å². The fourth-order valence-corrected chi connectivity index (χ4v) is 2.05. The molecular weight excluding hydrogens is 315 g/mol. The Morgan fingerprint density at radius 2 is 1.96 bits per heavy atom. The van der Waals surface area contributed by atoms with Crippen LogP contribution in [0.1, 0.15) is 26.7 Å². The Morgan fingerprint density at radius 1 is 1.17 bits per heavy atom. The molecule has 7 heteroatoms. The summed E-state index contributed by atoms with van der Waals surface area (Å²) in [7, 11) is 0. The zero-order valence-electron chi connectivity index (χ0n) is 12.5. The van der Waals surface area contributed by atoms with Crippen LogP contribution in [0.3, 0.4) is 0 Å². The molecule has 0 unspecified atom stereocenters. The molecule has 2 aromatic heterocycles. The first-order valence-electron chi connectivity index (χ1n) is 7.14. The van der Waals surface area contributed by atoms with Crippen LogP contribution in [0.4, 0.5) is 4.39 Å². The predicted octanol–water partition coefficient (Wildman–Crippen LogP) is 2.70. The number of carbonyl (C=O) groups excluding carboxylic acids is 2. The Balaban J connectivity index is 1.56. The molecule has 6 nitrogen and oxygen atoms in total. The average Bonchev–Trinajstić information content (AvgIpc) is 3.25. The van der Waals surface area contributed by atoms with E-state index in [4.69, 9.17) is 9.15 Å². The maximum atomic E-state index is 12.8. The highest BCUT2D eigenvalue weighted by molar-refractivity contribution is 5.98. The maximum absolute atomic E-state index is 12.8. The number of Topliss-reactive ketones (excluding diaryl/α,β-unsaturated/α-hetero) is 1. The van der Waals surface area contributed by atoms with Crippen molar-refractivity contribution < 1.29 is 23.1 Å². The predicted molar refractivity (Wildman–Crippen MR) is 81.1 cm³/mol. The molecule has 0 aliphatic heterocycles. The second kappa shape index (κ2) is 6.91. The summed E-state index contributed by atoms with van der Waals surface area (Å²) in [5.74, 6) is -1.06. The molecule has 0 saturated heterocycles. The fraction of sp³-hybridized carbons (Fsp3) is 0.118. The smallest absolute Gasteiger partial charge is 0.374 e. The lowest BCUT2D eigenvalue weighted by Crippen LogP contribution is -2.13. The molecule has 3 rings (SSSR count). The van der Waals surface area contributed by atoms with Crippen molar-refractivity contribution in [3.05, 3.63) is 77.8 Å². The van der Waals surface area contributed by atoms with Crippen molar-refractivity contribution in [2.24, 2.45) is 0 Å². The van der Waals surface area contributed by atoms with Crippen molar-refractivity contribution >= 4 is 11.8 Å². The minimum absolute atomic E-state index is 0.00376. The van der Waals surface area contributed by atoms with Gasteiger partial charge in [0.05, 0.1) is 6.54 Å². The summed E-state index contributed by atoms with van der Waals surface area (Å²) in [6.07, 6.45) is 3.40. The van der Waals surface area contributed by atoms with Crippen LogP contribution in [0.2, 0.25) is 0 Å². The molecule has 3 aromatic rings. The summed E-state index contributed by atoms with van der Waals surface area (Å²) in [5.41, 5.74) is 0.267. The van der Waals surface area contributed by atoms with Crippen molar-refractivity contribution in [1.82, 2.24) is 9.78 Å². The SMILES string of the molecule is O=C(COC(=O)c1ccc(Cn2cccn2)o1)c1ccc(F)cc1.